The van der Waals surface area contributed by atoms with Gasteiger partial charge < -0.3 is 10.4 Å². The molecule has 0 radical (unpaired) electrons. The number of aromatic nitrogens is 2. The van der Waals surface area contributed by atoms with Gasteiger partial charge in [-0.25, -0.2) is 9.97 Å². The van der Waals surface area contributed by atoms with Gasteiger partial charge in [0.1, 0.15) is 17.3 Å². The van der Waals surface area contributed by atoms with Crippen LogP contribution in [-0.4, -0.2) is 28.2 Å². The van der Waals surface area contributed by atoms with Crippen LogP contribution in [0.1, 0.15) is 45.1 Å². The highest BCUT2D eigenvalue weighted by Gasteiger charge is 2.12. The number of hydrogen-bond acceptors (Lipinski definition) is 4. The van der Waals surface area contributed by atoms with E-state index in [0.29, 0.717) is 11.1 Å². The van der Waals surface area contributed by atoms with Gasteiger partial charge in [-0.05, 0) is 25.2 Å². The summed E-state index contributed by atoms with van der Waals surface area (Å²) in [5.74, 6) is 1.30. The summed E-state index contributed by atoms with van der Waals surface area (Å²) in [6.45, 7) is 5.32. The molecule has 1 atom stereocenters. The van der Waals surface area contributed by atoms with Gasteiger partial charge in [-0.2, -0.15) is 0 Å². The maximum absolute atomic E-state index is 9.07. The van der Waals surface area contributed by atoms with Gasteiger partial charge in [0.25, 0.3) is 0 Å². The molecule has 1 unspecified atom stereocenters. The van der Waals surface area contributed by atoms with Crippen LogP contribution >= 0.6 is 11.6 Å². The molecule has 0 aliphatic rings. The van der Waals surface area contributed by atoms with Crippen LogP contribution in [-0.2, 0) is 6.42 Å². The molecule has 19 heavy (non-hydrogen) atoms. The number of rotatable bonds is 9. The minimum absolute atomic E-state index is 0.235. The molecule has 0 saturated heterocycles. The van der Waals surface area contributed by atoms with E-state index in [-0.39, 0.29) is 6.61 Å². The Hall–Kier alpha value is -0.870. The third-order valence-corrected chi connectivity index (χ3v) is 3.51. The molecule has 0 bridgehead atoms. The van der Waals surface area contributed by atoms with Crippen LogP contribution in [0, 0.1) is 5.92 Å². The molecule has 0 spiro atoms. The lowest BCUT2D eigenvalue weighted by Crippen LogP contribution is -2.17. The quantitative estimate of drug-likeness (QED) is 0.684. The highest BCUT2D eigenvalue weighted by molar-refractivity contribution is 6.30. The first-order chi connectivity index (χ1) is 9.22. The number of nitrogens with zero attached hydrogens (tertiary/aromatic N) is 2. The maximum atomic E-state index is 9.07. The third kappa shape index (κ3) is 5.33. The van der Waals surface area contributed by atoms with Crippen molar-refractivity contribution in [1.82, 2.24) is 9.97 Å². The Bertz CT molecular complexity index is 368. The summed E-state index contributed by atoms with van der Waals surface area (Å²) in [5.41, 5.74) is 0.992. The second kappa shape index (κ2) is 9.10. The Morgan fingerprint density at radius 1 is 1.26 bits per heavy atom. The monoisotopic (exact) mass is 285 g/mol. The smallest absolute Gasteiger partial charge is 0.137 e. The van der Waals surface area contributed by atoms with E-state index >= 15 is 0 Å². The zero-order chi connectivity index (χ0) is 14.1. The van der Waals surface area contributed by atoms with E-state index in [1.165, 1.54) is 6.33 Å². The molecule has 0 aromatic carbocycles. The van der Waals surface area contributed by atoms with E-state index in [1.807, 2.05) is 0 Å². The lowest BCUT2D eigenvalue weighted by atomic mass is 10.00. The van der Waals surface area contributed by atoms with E-state index in [0.717, 1.165) is 50.0 Å². The Morgan fingerprint density at radius 2 is 2.05 bits per heavy atom. The predicted octanol–water partition coefficient (Wildman–Crippen LogP) is 3.29. The van der Waals surface area contributed by atoms with Crippen molar-refractivity contribution < 1.29 is 5.11 Å². The molecule has 0 aliphatic heterocycles. The topological polar surface area (TPSA) is 58.0 Å². The van der Waals surface area contributed by atoms with Crippen LogP contribution in [0.15, 0.2) is 6.33 Å². The molecular weight excluding hydrogens is 262 g/mol. The minimum Gasteiger partial charge on any atom is -0.396 e. The first-order valence-electron chi connectivity index (χ1n) is 7.06. The number of hydrogen-bond donors (Lipinski definition) is 2. The standard InChI is InChI=1S/C14H24ClN3O/c1-3-5-11(7-8-19)9-16-14-12(6-4-2)13(15)17-10-18-14/h10-11,19H,3-9H2,1-2H3,(H,16,17,18). The normalized spacial score (nSPS) is 12.4. The number of halogens is 1. The Labute approximate surface area is 120 Å². The molecule has 0 aliphatic carbocycles. The summed E-state index contributed by atoms with van der Waals surface area (Å²) in [6, 6.07) is 0. The average molecular weight is 286 g/mol. The first-order valence-corrected chi connectivity index (χ1v) is 7.44. The highest BCUT2D eigenvalue weighted by atomic mass is 35.5. The molecule has 1 rings (SSSR count). The summed E-state index contributed by atoms with van der Waals surface area (Å²) in [7, 11) is 0. The summed E-state index contributed by atoms with van der Waals surface area (Å²) in [6.07, 6.45) is 6.43. The lowest BCUT2D eigenvalue weighted by molar-refractivity contribution is 0.255. The summed E-state index contributed by atoms with van der Waals surface area (Å²) in [5, 5.41) is 13.0. The van der Waals surface area contributed by atoms with Crippen molar-refractivity contribution in [3.05, 3.63) is 17.0 Å². The van der Waals surface area contributed by atoms with Crippen molar-refractivity contribution >= 4 is 17.4 Å². The molecular formula is C14H24ClN3O. The van der Waals surface area contributed by atoms with Crippen LogP contribution in [0.4, 0.5) is 5.82 Å². The van der Waals surface area contributed by atoms with Crippen LogP contribution in [0.5, 0.6) is 0 Å². The molecule has 1 heterocycles. The minimum atomic E-state index is 0.235. The maximum Gasteiger partial charge on any atom is 0.137 e. The SMILES string of the molecule is CCCc1c(Cl)ncnc1NCC(CCC)CCO. The fourth-order valence-corrected chi connectivity index (χ4v) is 2.42. The molecule has 1 aromatic rings. The molecule has 0 amide bonds. The largest absolute Gasteiger partial charge is 0.396 e. The summed E-state index contributed by atoms with van der Waals surface area (Å²) < 4.78 is 0. The fourth-order valence-electron chi connectivity index (χ4n) is 2.20. The summed E-state index contributed by atoms with van der Waals surface area (Å²) in [4.78, 5) is 8.31. The van der Waals surface area contributed by atoms with Gasteiger partial charge in [-0.3, -0.25) is 0 Å². The van der Waals surface area contributed by atoms with E-state index in [4.69, 9.17) is 16.7 Å². The third-order valence-electron chi connectivity index (χ3n) is 3.19. The van der Waals surface area contributed by atoms with Gasteiger partial charge in [0, 0.05) is 18.7 Å². The van der Waals surface area contributed by atoms with Crippen LogP contribution in [0.3, 0.4) is 0 Å². The number of nitrogens with one attached hydrogen (secondary N) is 1. The predicted molar refractivity (Wildman–Crippen MR) is 79.6 cm³/mol. The van der Waals surface area contributed by atoms with Crippen molar-refractivity contribution in [2.24, 2.45) is 5.92 Å². The van der Waals surface area contributed by atoms with Crippen molar-refractivity contribution in [3.8, 4) is 0 Å². The molecule has 5 heteroatoms. The number of aliphatic hydroxyl groups excluding tert-OH is 1. The van der Waals surface area contributed by atoms with E-state index < -0.39 is 0 Å². The average Bonchev–Trinajstić information content (AvgIpc) is 2.40. The number of anilines is 1. The van der Waals surface area contributed by atoms with Crippen LogP contribution in [0.25, 0.3) is 0 Å². The highest BCUT2D eigenvalue weighted by Crippen LogP contribution is 2.22. The summed E-state index contributed by atoms with van der Waals surface area (Å²) >= 11 is 6.11. The second-order valence-electron chi connectivity index (χ2n) is 4.79. The van der Waals surface area contributed by atoms with Crippen molar-refractivity contribution in [2.75, 3.05) is 18.5 Å². The molecule has 1 aromatic heterocycles. The van der Waals surface area contributed by atoms with Gasteiger partial charge in [-0.1, -0.05) is 38.3 Å². The van der Waals surface area contributed by atoms with Gasteiger partial charge in [0.2, 0.25) is 0 Å². The molecule has 4 nitrogen and oxygen atoms in total. The second-order valence-corrected chi connectivity index (χ2v) is 5.15. The van der Waals surface area contributed by atoms with Crippen LogP contribution < -0.4 is 5.32 Å². The molecule has 0 fully saturated rings. The van der Waals surface area contributed by atoms with Gasteiger partial charge in [0.05, 0.1) is 0 Å². The van der Waals surface area contributed by atoms with Gasteiger partial charge in [-0.15, -0.1) is 0 Å². The fraction of sp³-hybridized carbons (Fsp3) is 0.714. The molecule has 2 N–H and O–H groups in total. The van der Waals surface area contributed by atoms with Crippen molar-refractivity contribution in [2.45, 2.75) is 46.0 Å². The zero-order valence-electron chi connectivity index (χ0n) is 11.8. The Morgan fingerprint density at radius 3 is 2.68 bits per heavy atom. The number of aliphatic hydroxyl groups is 1. The zero-order valence-corrected chi connectivity index (χ0v) is 12.6. The van der Waals surface area contributed by atoms with Crippen molar-refractivity contribution in [1.29, 1.82) is 0 Å². The van der Waals surface area contributed by atoms with E-state index in [9.17, 15) is 0 Å². The van der Waals surface area contributed by atoms with Gasteiger partial charge in [0.15, 0.2) is 0 Å². The Balaban J connectivity index is 2.67. The lowest BCUT2D eigenvalue weighted by Gasteiger charge is -2.17. The Kier molecular flexibility index (Phi) is 7.75. The molecule has 0 saturated carbocycles. The van der Waals surface area contributed by atoms with Crippen molar-refractivity contribution in [3.63, 3.8) is 0 Å². The van der Waals surface area contributed by atoms with Gasteiger partial charge >= 0.3 is 0 Å². The van der Waals surface area contributed by atoms with E-state index in [2.05, 4.69) is 29.1 Å². The van der Waals surface area contributed by atoms with E-state index in [1.54, 1.807) is 0 Å². The first kappa shape index (κ1) is 16.2. The molecule has 108 valence electrons. The van der Waals surface area contributed by atoms with Crippen LogP contribution in [0.2, 0.25) is 5.15 Å².